The van der Waals surface area contributed by atoms with Gasteiger partial charge in [0.1, 0.15) is 23.0 Å². The highest BCUT2D eigenvalue weighted by Gasteiger charge is 2.42. The van der Waals surface area contributed by atoms with Crippen molar-refractivity contribution in [2.75, 3.05) is 12.4 Å². The second kappa shape index (κ2) is 5.41. The SMILES string of the molecule is O=C(NCC1(CCCl)CC1)c1c(F)cc(F)cc1F. The summed E-state index contributed by atoms with van der Waals surface area (Å²) >= 11 is 5.65. The first-order valence-corrected chi connectivity index (χ1v) is 6.50. The Morgan fingerprint density at radius 3 is 2.32 bits per heavy atom. The molecule has 0 aliphatic heterocycles. The number of hydrogen-bond donors (Lipinski definition) is 1. The van der Waals surface area contributed by atoms with E-state index in [9.17, 15) is 18.0 Å². The van der Waals surface area contributed by atoms with Gasteiger partial charge in [0.2, 0.25) is 0 Å². The maximum atomic E-state index is 13.4. The zero-order chi connectivity index (χ0) is 14.0. The van der Waals surface area contributed by atoms with E-state index in [1.54, 1.807) is 0 Å². The van der Waals surface area contributed by atoms with Gasteiger partial charge in [-0.15, -0.1) is 11.6 Å². The molecule has 1 N–H and O–H groups in total. The summed E-state index contributed by atoms with van der Waals surface area (Å²) < 4.78 is 39.5. The summed E-state index contributed by atoms with van der Waals surface area (Å²) in [5.41, 5.74) is -0.784. The molecule has 19 heavy (non-hydrogen) atoms. The van der Waals surface area contributed by atoms with Crippen LogP contribution in [0.15, 0.2) is 12.1 Å². The standard InChI is InChI=1S/C13H13ClF3NO/c14-4-3-13(1-2-13)7-18-12(19)11-9(16)5-8(15)6-10(11)17/h5-6H,1-4,7H2,(H,18,19). The van der Waals surface area contributed by atoms with Gasteiger partial charge in [0.05, 0.1) is 0 Å². The van der Waals surface area contributed by atoms with Crippen molar-refractivity contribution in [2.24, 2.45) is 5.41 Å². The quantitative estimate of drug-likeness (QED) is 0.829. The van der Waals surface area contributed by atoms with Gasteiger partial charge in [-0.2, -0.15) is 0 Å². The monoisotopic (exact) mass is 291 g/mol. The van der Waals surface area contributed by atoms with E-state index >= 15 is 0 Å². The van der Waals surface area contributed by atoms with E-state index in [1.165, 1.54) is 0 Å². The highest BCUT2D eigenvalue weighted by molar-refractivity contribution is 6.17. The van der Waals surface area contributed by atoms with Crippen LogP contribution in [-0.2, 0) is 0 Å². The summed E-state index contributed by atoms with van der Waals surface area (Å²) in [6, 6.07) is 0.979. The van der Waals surface area contributed by atoms with E-state index in [1.807, 2.05) is 0 Å². The van der Waals surface area contributed by atoms with Crippen LogP contribution in [-0.4, -0.2) is 18.3 Å². The Bertz CT molecular complexity index is 480. The van der Waals surface area contributed by atoms with Crippen LogP contribution in [0.3, 0.4) is 0 Å². The Kier molecular flexibility index (Phi) is 4.04. The Morgan fingerprint density at radius 1 is 1.26 bits per heavy atom. The van der Waals surface area contributed by atoms with Gasteiger partial charge in [-0.1, -0.05) is 0 Å². The summed E-state index contributed by atoms with van der Waals surface area (Å²) in [6.07, 6.45) is 2.63. The van der Waals surface area contributed by atoms with Crippen molar-refractivity contribution < 1.29 is 18.0 Å². The summed E-state index contributed by atoms with van der Waals surface area (Å²) in [5, 5.41) is 2.49. The van der Waals surface area contributed by atoms with Gasteiger partial charge in [0.15, 0.2) is 0 Å². The molecule has 2 rings (SSSR count). The van der Waals surface area contributed by atoms with Gasteiger partial charge < -0.3 is 5.32 Å². The lowest BCUT2D eigenvalue weighted by molar-refractivity contribution is 0.0935. The molecule has 2 nitrogen and oxygen atoms in total. The Balaban J connectivity index is 2.05. The summed E-state index contributed by atoms with van der Waals surface area (Å²) in [4.78, 5) is 11.7. The normalized spacial score (nSPS) is 16.2. The lowest BCUT2D eigenvalue weighted by Gasteiger charge is -2.14. The van der Waals surface area contributed by atoms with Gasteiger partial charge in [0, 0.05) is 24.6 Å². The minimum Gasteiger partial charge on any atom is -0.351 e. The molecule has 1 aliphatic carbocycles. The molecular weight excluding hydrogens is 279 g/mol. The second-order valence-electron chi connectivity index (χ2n) is 4.87. The minimum atomic E-state index is -1.20. The Hall–Kier alpha value is -1.23. The van der Waals surface area contributed by atoms with Crippen molar-refractivity contribution in [3.63, 3.8) is 0 Å². The molecule has 0 atom stereocenters. The molecule has 6 heteroatoms. The van der Waals surface area contributed by atoms with Crippen molar-refractivity contribution in [3.8, 4) is 0 Å². The largest absolute Gasteiger partial charge is 0.351 e. The van der Waals surface area contributed by atoms with Crippen molar-refractivity contribution in [3.05, 3.63) is 35.1 Å². The average Bonchev–Trinajstić information content (AvgIpc) is 3.06. The molecule has 1 amide bonds. The fraction of sp³-hybridized carbons (Fsp3) is 0.462. The van der Waals surface area contributed by atoms with E-state index in [4.69, 9.17) is 11.6 Å². The molecule has 1 aliphatic rings. The lowest BCUT2D eigenvalue weighted by atomic mass is 10.0. The third-order valence-corrected chi connectivity index (χ3v) is 3.63. The lowest BCUT2D eigenvalue weighted by Crippen LogP contribution is -2.31. The fourth-order valence-electron chi connectivity index (χ4n) is 2.01. The zero-order valence-corrected chi connectivity index (χ0v) is 10.9. The number of rotatable bonds is 5. The van der Waals surface area contributed by atoms with Crippen LogP contribution in [0, 0.1) is 22.9 Å². The first-order valence-electron chi connectivity index (χ1n) is 5.96. The highest BCUT2D eigenvalue weighted by atomic mass is 35.5. The molecule has 0 bridgehead atoms. The van der Waals surface area contributed by atoms with Crippen LogP contribution < -0.4 is 5.32 Å². The van der Waals surface area contributed by atoms with Crippen molar-refractivity contribution in [1.29, 1.82) is 0 Å². The van der Waals surface area contributed by atoms with E-state index < -0.39 is 28.9 Å². The molecular formula is C13H13ClF3NO. The summed E-state index contributed by atoms with van der Waals surface area (Å²) in [5.74, 6) is -3.83. The van der Waals surface area contributed by atoms with Crippen LogP contribution in [0.1, 0.15) is 29.6 Å². The van der Waals surface area contributed by atoms with Gasteiger partial charge in [0.25, 0.3) is 5.91 Å². The average molecular weight is 292 g/mol. The first-order chi connectivity index (χ1) is 8.97. The number of amides is 1. The van der Waals surface area contributed by atoms with Crippen LogP contribution in [0.5, 0.6) is 0 Å². The van der Waals surface area contributed by atoms with Gasteiger partial charge in [-0.3, -0.25) is 4.79 Å². The molecule has 1 aromatic carbocycles. The number of nitrogens with one attached hydrogen (secondary N) is 1. The Labute approximate surface area is 113 Å². The molecule has 1 fully saturated rings. The number of benzene rings is 1. The van der Waals surface area contributed by atoms with Crippen molar-refractivity contribution >= 4 is 17.5 Å². The van der Waals surface area contributed by atoms with Crippen molar-refractivity contribution in [2.45, 2.75) is 19.3 Å². The predicted molar refractivity (Wildman–Crippen MR) is 65.7 cm³/mol. The van der Waals surface area contributed by atoms with Gasteiger partial charge in [-0.25, -0.2) is 13.2 Å². The zero-order valence-electron chi connectivity index (χ0n) is 10.1. The van der Waals surface area contributed by atoms with Crippen LogP contribution in [0.4, 0.5) is 13.2 Å². The minimum absolute atomic E-state index is 0.0373. The molecule has 0 aromatic heterocycles. The van der Waals surface area contributed by atoms with Gasteiger partial charge >= 0.3 is 0 Å². The third kappa shape index (κ3) is 3.21. The number of carbonyl (C=O) groups is 1. The molecule has 0 saturated heterocycles. The number of hydrogen-bond acceptors (Lipinski definition) is 1. The molecule has 0 spiro atoms. The van der Waals surface area contributed by atoms with Crippen LogP contribution >= 0.6 is 11.6 Å². The fourth-order valence-corrected chi connectivity index (χ4v) is 2.41. The topological polar surface area (TPSA) is 29.1 Å². The summed E-state index contributed by atoms with van der Waals surface area (Å²) in [6.45, 7) is 0.328. The molecule has 104 valence electrons. The maximum Gasteiger partial charge on any atom is 0.257 e. The van der Waals surface area contributed by atoms with Gasteiger partial charge in [-0.05, 0) is 24.7 Å². The molecule has 1 saturated carbocycles. The molecule has 0 radical (unpaired) electrons. The van der Waals surface area contributed by atoms with E-state index in [-0.39, 0.29) is 5.41 Å². The number of carbonyl (C=O) groups excluding carboxylic acids is 1. The van der Waals surface area contributed by atoms with Crippen LogP contribution in [0.25, 0.3) is 0 Å². The number of alkyl halides is 1. The van der Waals surface area contributed by atoms with E-state index in [2.05, 4.69) is 5.32 Å². The predicted octanol–water partition coefficient (Wildman–Crippen LogP) is 3.24. The third-order valence-electron chi connectivity index (χ3n) is 3.44. The number of halogens is 4. The second-order valence-corrected chi connectivity index (χ2v) is 5.24. The van der Waals surface area contributed by atoms with E-state index in [0.29, 0.717) is 24.6 Å². The Morgan fingerprint density at radius 2 is 1.84 bits per heavy atom. The maximum absolute atomic E-state index is 13.4. The molecule has 1 aromatic rings. The van der Waals surface area contributed by atoms with E-state index in [0.717, 1.165) is 19.3 Å². The van der Waals surface area contributed by atoms with Crippen LogP contribution in [0.2, 0.25) is 0 Å². The molecule has 0 unspecified atom stereocenters. The van der Waals surface area contributed by atoms with Crippen molar-refractivity contribution in [1.82, 2.24) is 5.32 Å². The smallest absolute Gasteiger partial charge is 0.257 e. The first kappa shape index (κ1) is 14.2. The summed E-state index contributed by atoms with van der Waals surface area (Å²) in [7, 11) is 0. The highest BCUT2D eigenvalue weighted by Crippen LogP contribution is 2.48. The molecule has 0 heterocycles.